The second-order valence-corrected chi connectivity index (χ2v) is 5.68. The summed E-state index contributed by atoms with van der Waals surface area (Å²) in [6.07, 6.45) is 1.74. The summed E-state index contributed by atoms with van der Waals surface area (Å²) in [6, 6.07) is 18.7. The van der Waals surface area contributed by atoms with Gasteiger partial charge >= 0.3 is 0 Å². The van der Waals surface area contributed by atoms with Crippen LogP contribution in [0.3, 0.4) is 0 Å². The summed E-state index contributed by atoms with van der Waals surface area (Å²) in [7, 11) is 0. The molecule has 3 rings (SSSR count). The molecule has 0 aliphatic rings. The van der Waals surface area contributed by atoms with E-state index in [1.165, 1.54) is 5.56 Å². The molecule has 0 saturated carbocycles. The van der Waals surface area contributed by atoms with Crippen LogP contribution in [0.2, 0.25) is 0 Å². The van der Waals surface area contributed by atoms with Gasteiger partial charge in [-0.15, -0.1) is 0 Å². The van der Waals surface area contributed by atoms with Crippen molar-refractivity contribution in [1.82, 2.24) is 14.9 Å². The highest BCUT2D eigenvalue weighted by Gasteiger charge is 2.10. The number of fused-ring (bicyclic) bond motifs is 1. The van der Waals surface area contributed by atoms with Gasteiger partial charge in [0, 0.05) is 26.4 Å². The number of hydrogen-bond acceptors (Lipinski definition) is 2. The molecular formula is C19H21N3O. The number of amides is 1. The predicted octanol–water partition coefficient (Wildman–Crippen LogP) is 3.15. The Labute approximate surface area is 136 Å². The summed E-state index contributed by atoms with van der Waals surface area (Å²) >= 11 is 0. The van der Waals surface area contributed by atoms with Crippen LogP contribution in [0.15, 0.2) is 54.6 Å². The number of nitrogens with zero attached hydrogens (tertiary/aromatic N) is 2. The highest BCUT2D eigenvalue weighted by molar-refractivity contribution is 5.76. The van der Waals surface area contributed by atoms with E-state index in [1.54, 1.807) is 6.92 Å². The van der Waals surface area contributed by atoms with Gasteiger partial charge in [0.05, 0.1) is 11.0 Å². The molecule has 4 nitrogen and oxygen atoms in total. The van der Waals surface area contributed by atoms with Crippen LogP contribution < -0.4 is 5.32 Å². The standard InChI is InChI=1S/C19H21N3O/c1-15(23)20-13-7-12-19-21-17-10-5-6-11-18(17)22(19)14-16-8-3-2-4-9-16/h2-6,8-11H,7,12-14H2,1H3,(H,20,23). The van der Waals surface area contributed by atoms with Gasteiger partial charge in [-0.2, -0.15) is 0 Å². The maximum Gasteiger partial charge on any atom is 0.216 e. The van der Waals surface area contributed by atoms with Crippen LogP contribution >= 0.6 is 0 Å². The number of imidazole rings is 1. The molecule has 3 aromatic rings. The van der Waals surface area contributed by atoms with Crippen molar-refractivity contribution in [2.24, 2.45) is 0 Å². The van der Waals surface area contributed by atoms with Gasteiger partial charge in [-0.3, -0.25) is 4.79 Å². The van der Waals surface area contributed by atoms with Crippen LogP contribution in [0, 0.1) is 0 Å². The number of aryl methyl sites for hydroxylation is 1. The fourth-order valence-corrected chi connectivity index (χ4v) is 2.77. The Morgan fingerprint density at radius 1 is 1.09 bits per heavy atom. The Bertz CT molecular complexity index is 793. The van der Waals surface area contributed by atoms with E-state index in [4.69, 9.17) is 4.98 Å². The second kappa shape index (κ2) is 7.09. The van der Waals surface area contributed by atoms with Crippen LogP contribution in [-0.4, -0.2) is 22.0 Å². The van der Waals surface area contributed by atoms with Crippen LogP contribution in [0.4, 0.5) is 0 Å². The van der Waals surface area contributed by atoms with Crippen molar-refractivity contribution in [2.45, 2.75) is 26.3 Å². The molecule has 0 fully saturated rings. The van der Waals surface area contributed by atoms with Crippen molar-refractivity contribution in [3.8, 4) is 0 Å². The maximum atomic E-state index is 11.0. The average Bonchev–Trinajstić information content (AvgIpc) is 2.90. The Kier molecular flexibility index (Phi) is 4.71. The first-order valence-corrected chi connectivity index (χ1v) is 7.96. The smallest absolute Gasteiger partial charge is 0.216 e. The van der Waals surface area contributed by atoms with Crippen molar-refractivity contribution in [1.29, 1.82) is 0 Å². The highest BCUT2D eigenvalue weighted by atomic mass is 16.1. The lowest BCUT2D eigenvalue weighted by Gasteiger charge is -2.10. The molecule has 0 aliphatic heterocycles. The Balaban J connectivity index is 1.84. The minimum absolute atomic E-state index is 0.0165. The molecule has 1 aromatic heterocycles. The molecule has 1 amide bonds. The molecular weight excluding hydrogens is 286 g/mol. The Morgan fingerprint density at radius 2 is 1.83 bits per heavy atom. The van der Waals surface area contributed by atoms with E-state index in [0.717, 1.165) is 36.2 Å². The van der Waals surface area contributed by atoms with Crippen LogP contribution in [0.5, 0.6) is 0 Å². The summed E-state index contributed by atoms with van der Waals surface area (Å²) in [6.45, 7) is 3.05. The Morgan fingerprint density at radius 3 is 2.61 bits per heavy atom. The highest BCUT2D eigenvalue weighted by Crippen LogP contribution is 2.19. The zero-order valence-corrected chi connectivity index (χ0v) is 13.3. The first-order valence-electron chi connectivity index (χ1n) is 7.96. The maximum absolute atomic E-state index is 11.0. The van der Waals surface area contributed by atoms with Crippen molar-refractivity contribution < 1.29 is 4.79 Å². The average molecular weight is 307 g/mol. The van der Waals surface area contributed by atoms with E-state index in [1.807, 2.05) is 24.3 Å². The van der Waals surface area contributed by atoms with Gasteiger partial charge in [-0.1, -0.05) is 42.5 Å². The lowest BCUT2D eigenvalue weighted by atomic mass is 10.2. The zero-order valence-electron chi connectivity index (χ0n) is 13.3. The van der Waals surface area contributed by atoms with E-state index in [-0.39, 0.29) is 5.91 Å². The normalized spacial score (nSPS) is 10.8. The number of hydrogen-bond donors (Lipinski definition) is 1. The van der Waals surface area contributed by atoms with Crippen LogP contribution in [-0.2, 0) is 17.8 Å². The van der Waals surface area contributed by atoms with Gasteiger partial charge in [0.25, 0.3) is 0 Å². The second-order valence-electron chi connectivity index (χ2n) is 5.68. The largest absolute Gasteiger partial charge is 0.356 e. The summed E-state index contributed by atoms with van der Waals surface area (Å²) in [5.41, 5.74) is 3.45. The molecule has 0 spiro atoms. The number of aromatic nitrogens is 2. The summed E-state index contributed by atoms with van der Waals surface area (Å²) < 4.78 is 2.28. The first-order chi connectivity index (χ1) is 11.2. The molecule has 0 atom stereocenters. The fourth-order valence-electron chi connectivity index (χ4n) is 2.77. The topological polar surface area (TPSA) is 46.9 Å². The predicted molar refractivity (Wildman–Crippen MR) is 92.3 cm³/mol. The van der Waals surface area contributed by atoms with Crippen molar-refractivity contribution in [3.05, 3.63) is 66.0 Å². The van der Waals surface area contributed by atoms with Gasteiger partial charge in [0.1, 0.15) is 5.82 Å². The lowest BCUT2D eigenvalue weighted by Crippen LogP contribution is -2.21. The molecule has 118 valence electrons. The van der Waals surface area contributed by atoms with Gasteiger partial charge < -0.3 is 9.88 Å². The Hall–Kier alpha value is -2.62. The van der Waals surface area contributed by atoms with E-state index in [2.05, 4.69) is 40.2 Å². The quantitative estimate of drug-likeness (QED) is 0.711. The van der Waals surface area contributed by atoms with Crippen LogP contribution in [0.25, 0.3) is 11.0 Å². The van der Waals surface area contributed by atoms with E-state index in [0.29, 0.717) is 6.54 Å². The van der Waals surface area contributed by atoms with E-state index >= 15 is 0 Å². The number of nitrogens with one attached hydrogen (secondary N) is 1. The minimum atomic E-state index is 0.0165. The number of para-hydroxylation sites is 2. The number of rotatable bonds is 6. The van der Waals surface area contributed by atoms with Crippen molar-refractivity contribution in [2.75, 3.05) is 6.54 Å². The van der Waals surface area contributed by atoms with Gasteiger partial charge in [0.2, 0.25) is 5.91 Å². The number of benzene rings is 2. The molecule has 23 heavy (non-hydrogen) atoms. The monoisotopic (exact) mass is 307 g/mol. The molecule has 4 heteroatoms. The van der Waals surface area contributed by atoms with Gasteiger partial charge in [0.15, 0.2) is 0 Å². The third kappa shape index (κ3) is 3.77. The summed E-state index contributed by atoms with van der Waals surface area (Å²) in [5.74, 6) is 1.09. The molecule has 1 heterocycles. The third-order valence-electron chi connectivity index (χ3n) is 3.87. The minimum Gasteiger partial charge on any atom is -0.356 e. The van der Waals surface area contributed by atoms with Crippen LogP contribution in [0.1, 0.15) is 24.7 Å². The molecule has 0 unspecified atom stereocenters. The lowest BCUT2D eigenvalue weighted by molar-refractivity contribution is -0.118. The van der Waals surface area contributed by atoms with Gasteiger partial charge in [-0.05, 0) is 24.1 Å². The molecule has 1 N–H and O–H groups in total. The molecule has 0 bridgehead atoms. The SMILES string of the molecule is CC(=O)NCCCc1nc2ccccc2n1Cc1ccccc1. The number of carbonyl (C=O) groups is 1. The summed E-state index contributed by atoms with van der Waals surface area (Å²) in [4.78, 5) is 15.7. The summed E-state index contributed by atoms with van der Waals surface area (Å²) in [5, 5.41) is 2.84. The first kappa shape index (κ1) is 15.3. The molecule has 0 aliphatic carbocycles. The van der Waals surface area contributed by atoms with Crippen molar-refractivity contribution in [3.63, 3.8) is 0 Å². The van der Waals surface area contributed by atoms with Gasteiger partial charge in [-0.25, -0.2) is 4.98 Å². The van der Waals surface area contributed by atoms with E-state index in [9.17, 15) is 4.79 Å². The third-order valence-corrected chi connectivity index (χ3v) is 3.87. The van der Waals surface area contributed by atoms with E-state index < -0.39 is 0 Å². The molecule has 2 aromatic carbocycles. The fraction of sp³-hybridized carbons (Fsp3) is 0.263. The van der Waals surface area contributed by atoms with Crippen molar-refractivity contribution >= 4 is 16.9 Å². The zero-order chi connectivity index (χ0) is 16.1. The molecule has 0 radical (unpaired) electrons. The number of carbonyl (C=O) groups excluding carboxylic acids is 1. The molecule has 0 saturated heterocycles.